The third kappa shape index (κ3) is 4.41. The third-order valence-corrected chi connectivity index (χ3v) is 4.50. The van der Waals surface area contributed by atoms with E-state index in [1.54, 1.807) is 14.2 Å². The van der Waals surface area contributed by atoms with Crippen LogP contribution in [0.4, 0.5) is 11.4 Å². The third-order valence-electron chi connectivity index (χ3n) is 3.61. The summed E-state index contributed by atoms with van der Waals surface area (Å²) >= 11 is 3.44. The molecule has 0 spiro atoms. The van der Waals surface area contributed by atoms with Crippen molar-refractivity contribution < 1.29 is 14.3 Å². The molecule has 0 aliphatic rings. The van der Waals surface area contributed by atoms with E-state index in [1.165, 1.54) is 0 Å². The maximum absolute atomic E-state index is 12.1. The number of benzene rings is 2. The molecule has 1 amide bonds. The van der Waals surface area contributed by atoms with Gasteiger partial charge in [0.15, 0.2) is 11.5 Å². The Morgan fingerprint density at radius 1 is 1.04 bits per heavy atom. The average Bonchev–Trinajstić information content (AvgIpc) is 2.56. The highest BCUT2D eigenvalue weighted by atomic mass is 79.9. The SMILES string of the molecule is COc1cc(C)c(NCC(=O)Nc2ccc(Br)c(C)c2)cc1OC. The van der Waals surface area contributed by atoms with Crippen LogP contribution in [0.1, 0.15) is 11.1 Å². The van der Waals surface area contributed by atoms with Gasteiger partial charge in [0, 0.05) is 21.9 Å². The lowest BCUT2D eigenvalue weighted by molar-refractivity contribution is -0.114. The molecule has 0 radical (unpaired) electrons. The Bertz CT molecular complexity index is 747. The number of nitrogens with one attached hydrogen (secondary N) is 2. The molecule has 0 bridgehead atoms. The van der Waals surface area contributed by atoms with Crippen LogP contribution in [0.2, 0.25) is 0 Å². The van der Waals surface area contributed by atoms with Crippen molar-refractivity contribution in [3.63, 3.8) is 0 Å². The van der Waals surface area contributed by atoms with Crippen LogP contribution >= 0.6 is 15.9 Å². The van der Waals surface area contributed by atoms with Crippen LogP contribution in [0, 0.1) is 13.8 Å². The van der Waals surface area contributed by atoms with Crippen molar-refractivity contribution in [3.05, 3.63) is 45.9 Å². The minimum atomic E-state index is -0.120. The average molecular weight is 393 g/mol. The predicted octanol–water partition coefficient (Wildman–Crippen LogP) is 4.13. The minimum absolute atomic E-state index is 0.120. The van der Waals surface area contributed by atoms with E-state index in [4.69, 9.17) is 9.47 Å². The lowest BCUT2D eigenvalue weighted by atomic mass is 10.1. The standard InChI is InChI=1S/C18H21BrN2O3/c1-11-7-13(5-6-14(11)19)21-18(22)10-20-15-9-17(24-4)16(23-3)8-12(15)2/h5-9,20H,10H2,1-4H3,(H,21,22). The molecule has 0 unspecified atom stereocenters. The van der Waals surface area contributed by atoms with Gasteiger partial charge < -0.3 is 20.1 Å². The highest BCUT2D eigenvalue weighted by molar-refractivity contribution is 9.10. The number of anilines is 2. The van der Waals surface area contributed by atoms with Crippen molar-refractivity contribution in [2.45, 2.75) is 13.8 Å². The molecular weight excluding hydrogens is 372 g/mol. The van der Waals surface area contributed by atoms with E-state index in [2.05, 4.69) is 26.6 Å². The quantitative estimate of drug-likeness (QED) is 0.775. The predicted molar refractivity (Wildman–Crippen MR) is 100 cm³/mol. The Balaban J connectivity index is 2.02. The van der Waals surface area contributed by atoms with Crippen molar-refractivity contribution in [3.8, 4) is 11.5 Å². The first-order chi connectivity index (χ1) is 11.4. The molecule has 2 aromatic carbocycles. The number of halogens is 1. The van der Waals surface area contributed by atoms with E-state index < -0.39 is 0 Å². The van der Waals surface area contributed by atoms with Crippen LogP contribution in [0.15, 0.2) is 34.8 Å². The number of hydrogen-bond donors (Lipinski definition) is 2. The molecular formula is C18H21BrN2O3. The smallest absolute Gasteiger partial charge is 0.243 e. The largest absolute Gasteiger partial charge is 0.493 e. The Hall–Kier alpha value is -2.21. The van der Waals surface area contributed by atoms with E-state index in [0.29, 0.717) is 11.5 Å². The number of carbonyl (C=O) groups excluding carboxylic acids is 1. The summed E-state index contributed by atoms with van der Waals surface area (Å²) in [6, 6.07) is 9.39. The minimum Gasteiger partial charge on any atom is -0.493 e. The van der Waals surface area contributed by atoms with Crippen molar-refractivity contribution in [2.75, 3.05) is 31.4 Å². The monoisotopic (exact) mass is 392 g/mol. The number of hydrogen-bond acceptors (Lipinski definition) is 4. The number of amides is 1. The molecule has 6 heteroatoms. The maximum atomic E-state index is 12.1. The summed E-state index contributed by atoms with van der Waals surface area (Å²) in [4.78, 5) is 12.1. The summed E-state index contributed by atoms with van der Waals surface area (Å²) in [5, 5.41) is 6.00. The summed E-state index contributed by atoms with van der Waals surface area (Å²) < 4.78 is 11.6. The summed E-state index contributed by atoms with van der Waals surface area (Å²) in [5.41, 5.74) is 3.64. The van der Waals surface area contributed by atoms with Crippen LogP contribution < -0.4 is 20.1 Å². The molecule has 2 rings (SSSR count). The Kier molecular flexibility index (Phi) is 6.09. The molecule has 0 saturated heterocycles. The van der Waals surface area contributed by atoms with Crippen LogP contribution in [-0.4, -0.2) is 26.7 Å². The molecule has 0 aromatic heterocycles. The summed E-state index contributed by atoms with van der Waals surface area (Å²) in [6.07, 6.45) is 0. The van der Waals surface area contributed by atoms with Crippen LogP contribution in [0.3, 0.4) is 0 Å². The van der Waals surface area contributed by atoms with E-state index >= 15 is 0 Å². The van der Waals surface area contributed by atoms with Gasteiger partial charge >= 0.3 is 0 Å². The van der Waals surface area contributed by atoms with Gasteiger partial charge in [-0.25, -0.2) is 0 Å². The zero-order valence-corrected chi connectivity index (χ0v) is 15.8. The van der Waals surface area contributed by atoms with E-state index in [-0.39, 0.29) is 12.5 Å². The van der Waals surface area contributed by atoms with Gasteiger partial charge in [0.2, 0.25) is 5.91 Å². The Morgan fingerprint density at radius 3 is 2.33 bits per heavy atom. The van der Waals surface area contributed by atoms with Gasteiger partial charge in [-0.2, -0.15) is 0 Å². The number of aryl methyl sites for hydroxylation is 2. The van der Waals surface area contributed by atoms with Crippen molar-refractivity contribution >= 4 is 33.2 Å². The van der Waals surface area contributed by atoms with Gasteiger partial charge in [-0.3, -0.25) is 4.79 Å². The van der Waals surface area contributed by atoms with E-state index in [9.17, 15) is 4.79 Å². The van der Waals surface area contributed by atoms with Crippen molar-refractivity contribution in [1.82, 2.24) is 0 Å². The molecule has 0 heterocycles. The molecule has 0 aliphatic carbocycles. The molecule has 2 aromatic rings. The lowest BCUT2D eigenvalue weighted by Gasteiger charge is -2.14. The molecule has 0 aliphatic heterocycles. The summed E-state index contributed by atoms with van der Waals surface area (Å²) in [6.45, 7) is 4.08. The van der Waals surface area contributed by atoms with E-state index in [0.717, 1.165) is 27.0 Å². The molecule has 0 saturated carbocycles. The Labute approximate surface area is 150 Å². The highest BCUT2D eigenvalue weighted by Gasteiger charge is 2.10. The fraction of sp³-hybridized carbons (Fsp3) is 0.278. The number of carbonyl (C=O) groups is 1. The van der Waals surface area contributed by atoms with Crippen molar-refractivity contribution in [1.29, 1.82) is 0 Å². The molecule has 128 valence electrons. The summed E-state index contributed by atoms with van der Waals surface area (Å²) in [5.74, 6) is 1.16. The normalized spacial score (nSPS) is 10.2. The first-order valence-corrected chi connectivity index (χ1v) is 8.26. The van der Waals surface area contributed by atoms with Crippen molar-refractivity contribution in [2.24, 2.45) is 0 Å². The summed E-state index contributed by atoms with van der Waals surface area (Å²) in [7, 11) is 3.18. The van der Waals surface area contributed by atoms with Crippen LogP contribution in [0.5, 0.6) is 11.5 Å². The molecule has 0 atom stereocenters. The topological polar surface area (TPSA) is 59.6 Å². The molecule has 0 fully saturated rings. The van der Waals surface area contributed by atoms with Gasteiger partial charge in [-0.1, -0.05) is 15.9 Å². The lowest BCUT2D eigenvalue weighted by Crippen LogP contribution is -2.22. The number of methoxy groups -OCH3 is 2. The van der Waals surface area contributed by atoms with Gasteiger partial charge in [-0.05, 0) is 49.2 Å². The fourth-order valence-corrected chi connectivity index (χ4v) is 2.52. The highest BCUT2D eigenvalue weighted by Crippen LogP contribution is 2.32. The van der Waals surface area contributed by atoms with Gasteiger partial charge in [-0.15, -0.1) is 0 Å². The molecule has 2 N–H and O–H groups in total. The van der Waals surface area contributed by atoms with Gasteiger partial charge in [0.05, 0.1) is 20.8 Å². The first-order valence-electron chi connectivity index (χ1n) is 7.47. The zero-order valence-electron chi connectivity index (χ0n) is 14.2. The molecule has 24 heavy (non-hydrogen) atoms. The van der Waals surface area contributed by atoms with E-state index in [1.807, 2.05) is 44.2 Å². The second-order valence-corrected chi connectivity index (χ2v) is 6.24. The molecule has 5 nitrogen and oxygen atoms in total. The Morgan fingerprint density at radius 2 is 1.71 bits per heavy atom. The van der Waals surface area contributed by atoms with Crippen LogP contribution in [0.25, 0.3) is 0 Å². The zero-order chi connectivity index (χ0) is 17.7. The van der Waals surface area contributed by atoms with Gasteiger partial charge in [0.1, 0.15) is 0 Å². The fourth-order valence-electron chi connectivity index (χ4n) is 2.27. The van der Waals surface area contributed by atoms with Crippen LogP contribution in [-0.2, 0) is 4.79 Å². The maximum Gasteiger partial charge on any atom is 0.243 e. The van der Waals surface area contributed by atoms with Gasteiger partial charge in [0.25, 0.3) is 0 Å². The second kappa shape index (κ2) is 8.06. The first kappa shape index (κ1) is 18.1. The number of rotatable bonds is 6. The number of ether oxygens (including phenoxy) is 2. The second-order valence-electron chi connectivity index (χ2n) is 5.39.